The minimum atomic E-state index is 0.0252. The lowest BCUT2D eigenvalue weighted by Crippen LogP contribution is -2.46. The molecule has 2 amide bonds. The quantitative estimate of drug-likeness (QED) is 0.885. The second kappa shape index (κ2) is 6.78. The van der Waals surface area contributed by atoms with Crippen LogP contribution in [0.3, 0.4) is 0 Å². The summed E-state index contributed by atoms with van der Waals surface area (Å²) in [5.74, 6) is 0. The van der Waals surface area contributed by atoms with Gasteiger partial charge in [0, 0.05) is 25.2 Å². The Morgan fingerprint density at radius 2 is 2.28 bits per heavy atom. The van der Waals surface area contributed by atoms with Gasteiger partial charge in [-0.1, -0.05) is 6.92 Å². The number of nitrogens with zero attached hydrogens (tertiary/aromatic N) is 3. The number of imidazole rings is 1. The molecule has 0 radical (unpaired) electrons. The number of aromatic amines is 1. The van der Waals surface area contributed by atoms with Crippen molar-refractivity contribution < 1.29 is 4.79 Å². The molecule has 7 heteroatoms. The van der Waals surface area contributed by atoms with Crippen LogP contribution in [0.15, 0.2) is 6.33 Å². The van der Waals surface area contributed by atoms with Crippen LogP contribution in [0.2, 0.25) is 0 Å². The Balaban J connectivity index is 1.44. The number of rotatable bonds is 3. The lowest BCUT2D eigenvalue weighted by atomic mass is 9.95. The summed E-state index contributed by atoms with van der Waals surface area (Å²) in [4.78, 5) is 28.3. The van der Waals surface area contributed by atoms with Crippen LogP contribution in [0.4, 0.5) is 4.79 Å². The first-order valence-corrected chi connectivity index (χ1v) is 10.00. The van der Waals surface area contributed by atoms with E-state index in [0.717, 1.165) is 56.3 Å². The van der Waals surface area contributed by atoms with Gasteiger partial charge in [-0.05, 0) is 38.5 Å². The largest absolute Gasteiger partial charge is 0.348 e. The number of carbonyl (C=O) groups is 1. The molecule has 6 nitrogen and oxygen atoms in total. The van der Waals surface area contributed by atoms with Crippen molar-refractivity contribution in [3.05, 3.63) is 33.3 Å². The summed E-state index contributed by atoms with van der Waals surface area (Å²) < 4.78 is 0. The summed E-state index contributed by atoms with van der Waals surface area (Å²) in [6.45, 7) is 2.14. The van der Waals surface area contributed by atoms with E-state index in [2.05, 4.69) is 22.2 Å². The summed E-state index contributed by atoms with van der Waals surface area (Å²) in [6, 6.07) is 0.365. The zero-order valence-electron chi connectivity index (χ0n) is 14.8. The highest BCUT2D eigenvalue weighted by atomic mass is 32.1. The van der Waals surface area contributed by atoms with Crippen molar-refractivity contribution in [3.8, 4) is 0 Å². The van der Waals surface area contributed by atoms with Crippen molar-refractivity contribution in [2.24, 2.45) is 0 Å². The molecule has 0 aromatic carbocycles. The van der Waals surface area contributed by atoms with Gasteiger partial charge in [0.2, 0.25) is 0 Å². The number of carbonyl (C=O) groups excluding carboxylic acids is 1. The van der Waals surface area contributed by atoms with Crippen LogP contribution in [-0.2, 0) is 25.7 Å². The first kappa shape index (κ1) is 16.6. The first-order chi connectivity index (χ1) is 12.2. The van der Waals surface area contributed by atoms with E-state index in [4.69, 9.17) is 4.98 Å². The Morgan fingerprint density at radius 3 is 3.12 bits per heavy atom. The highest BCUT2D eigenvalue weighted by Crippen LogP contribution is 2.37. The predicted octanol–water partition coefficient (Wildman–Crippen LogP) is 3.00. The fraction of sp³-hybridized carbons (Fsp3) is 0.611. The molecular formula is C18H25N5OS. The third kappa shape index (κ3) is 3.17. The molecule has 2 aromatic rings. The minimum Gasteiger partial charge on any atom is -0.348 e. The van der Waals surface area contributed by atoms with E-state index in [9.17, 15) is 4.79 Å². The number of H-pyrrole nitrogens is 1. The van der Waals surface area contributed by atoms with E-state index in [0.29, 0.717) is 0 Å². The maximum absolute atomic E-state index is 12.8. The van der Waals surface area contributed by atoms with E-state index in [1.165, 1.54) is 15.6 Å². The lowest BCUT2D eigenvalue weighted by molar-refractivity contribution is 0.179. The van der Waals surface area contributed by atoms with Gasteiger partial charge in [-0.25, -0.2) is 14.8 Å². The smallest absolute Gasteiger partial charge is 0.317 e. The number of urea groups is 1. The Labute approximate surface area is 152 Å². The average molecular weight is 359 g/mol. The maximum atomic E-state index is 12.8. The molecule has 2 N–H and O–H groups in total. The third-order valence-corrected chi connectivity index (χ3v) is 6.71. The molecule has 0 spiro atoms. The summed E-state index contributed by atoms with van der Waals surface area (Å²) in [5, 5.41) is 4.41. The van der Waals surface area contributed by atoms with Gasteiger partial charge in [0.05, 0.1) is 33.6 Å². The number of aryl methyl sites for hydroxylation is 3. The molecule has 0 saturated heterocycles. The van der Waals surface area contributed by atoms with Gasteiger partial charge in [0.25, 0.3) is 0 Å². The highest BCUT2D eigenvalue weighted by molar-refractivity contribution is 7.11. The van der Waals surface area contributed by atoms with Crippen molar-refractivity contribution in [2.75, 3.05) is 7.05 Å². The van der Waals surface area contributed by atoms with Crippen LogP contribution in [0.25, 0.3) is 0 Å². The molecule has 134 valence electrons. The molecule has 2 aromatic heterocycles. The molecule has 2 atom stereocenters. The second-order valence-electron chi connectivity index (χ2n) is 7.01. The van der Waals surface area contributed by atoms with E-state index >= 15 is 0 Å². The molecule has 2 aliphatic carbocycles. The van der Waals surface area contributed by atoms with E-state index in [-0.39, 0.29) is 18.1 Å². The minimum absolute atomic E-state index is 0.0252. The SMILES string of the molecule is CCc1nc2c(s1)C(N(C)C(=O)NC1CCc3nc[nH]c3C1)CCC2. The number of amides is 2. The fourth-order valence-corrected chi connectivity index (χ4v) is 5.14. The van der Waals surface area contributed by atoms with Gasteiger partial charge >= 0.3 is 6.03 Å². The van der Waals surface area contributed by atoms with Crippen molar-refractivity contribution in [1.82, 2.24) is 25.2 Å². The maximum Gasteiger partial charge on any atom is 0.317 e. The van der Waals surface area contributed by atoms with Gasteiger partial charge in [-0.3, -0.25) is 0 Å². The zero-order chi connectivity index (χ0) is 17.4. The van der Waals surface area contributed by atoms with Gasteiger partial charge in [0.1, 0.15) is 0 Å². The van der Waals surface area contributed by atoms with Crippen molar-refractivity contribution >= 4 is 17.4 Å². The van der Waals surface area contributed by atoms with Crippen LogP contribution in [-0.4, -0.2) is 39.0 Å². The van der Waals surface area contributed by atoms with Crippen molar-refractivity contribution in [2.45, 2.75) is 64.0 Å². The molecule has 0 aliphatic heterocycles. The van der Waals surface area contributed by atoms with Crippen LogP contribution >= 0.6 is 11.3 Å². The van der Waals surface area contributed by atoms with Crippen molar-refractivity contribution in [1.29, 1.82) is 0 Å². The molecule has 0 saturated carbocycles. The summed E-state index contributed by atoms with van der Waals surface area (Å²) in [6.07, 6.45) is 8.60. The number of hydrogen-bond acceptors (Lipinski definition) is 4. The van der Waals surface area contributed by atoms with E-state index in [1.54, 1.807) is 17.7 Å². The van der Waals surface area contributed by atoms with Crippen LogP contribution in [0.5, 0.6) is 0 Å². The topological polar surface area (TPSA) is 73.9 Å². The zero-order valence-corrected chi connectivity index (χ0v) is 15.7. The van der Waals surface area contributed by atoms with Gasteiger partial charge in [0.15, 0.2) is 0 Å². The summed E-state index contributed by atoms with van der Waals surface area (Å²) in [5.41, 5.74) is 3.51. The lowest BCUT2D eigenvalue weighted by Gasteiger charge is -2.32. The first-order valence-electron chi connectivity index (χ1n) is 9.18. The number of fused-ring (bicyclic) bond motifs is 2. The van der Waals surface area contributed by atoms with Crippen LogP contribution in [0.1, 0.15) is 59.2 Å². The molecule has 25 heavy (non-hydrogen) atoms. The van der Waals surface area contributed by atoms with E-state index in [1.807, 2.05) is 11.9 Å². The summed E-state index contributed by atoms with van der Waals surface area (Å²) >= 11 is 1.78. The normalized spacial score (nSPS) is 22.2. The van der Waals surface area contributed by atoms with Crippen LogP contribution < -0.4 is 5.32 Å². The number of thiazole rings is 1. The molecule has 0 fully saturated rings. The van der Waals surface area contributed by atoms with Gasteiger partial charge in [-0.15, -0.1) is 11.3 Å². The number of aromatic nitrogens is 3. The fourth-order valence-electron chi connectivity index (χ4n) is 3.91. The Kier molecular flexibility index (Phi) is 4.50. The second-order valence-corrected chi connectivity index (χ2v) is 8.12. The molecule has 2 heterocycles. The number of hydrogen-bond donors (Lipinski definition) is 2. The molecule has 0 bridgehead atoms. The van der Waals surface area contributed by atoms with Gasteiger partial charge < -0.3 is 15.2 Å². The van der Waals surface area contributed by atoms with Crippen LogP contribution in [0, 0.1) is 0 Å². The average Bonchev–Trinajstić information content (AvgIpc) is 3.26. The molecular weight excluding hydrogens is 334 g/mol. The van der Waals surface area contributed by atoms with E-state index < -0.39 is 0 Å². The van der Waals surface area contributed by atoms with Gasteiger partial charge in [-0.2, -0.15) is 0 Å². The standard InChI is InChI=1S/C18H25N5OS/c1-3-16-22-13-5-4-6-15(17(13)25-16)23(2)18(24)21-11-7-8-12-14(9-11)20-10-19-12/h10-11,15H,3-9H2,1-2H3,(H,19,20)(H,21,24). The number of nitrogens with one attached hydrogen (secondary N) is 2. The third-order valence-electron chi connectivity index (χ3n) is 5.37. The van der Waals surface area contributed by atoms with Crippen molar-refractivity contribution in [3.63, 3.8) is 0 Å². The highest BCUT2D eigenvalue weighted by Gasteiger charge is 2.31. The Bertz CT molecular complexity index is 767. The monoisotopic (exact) mass is 359 g/mol. The summed E-state index contributed by atoms with van der Waals surface area (Å²) in [7, 11) is 1.92. The molecule has 2 unspecified atom stereocenters. The molecule has 2 aliphatic rings. The Hall–Kier alpha value is -1.89. The predicted molar refractivity (Wildman–Crippen MR) is 97.9 cm³/mol. The Morgan fingerprint density at radius 1 is 1.40 bits per heavy atom. The molecule has 4 rings (SSSR count).